The SMILES string of the molecule is CC1CCN(C(=O)C2CCN(C(=O)C3CNC3)CC2)CC1. The molecule has 3 aliphatic heterocycles. The zero-order valence-electron chi connectivity index (χ0n) is 13.0. The molecule has 0 atom stereocenters. The molecule has 0 aromatic carbocycles. The van der Waals surface area contributed by atoms with Crippen molar-refractivity contribution >= 4 is 11.8 Å². The molecular weight excluding hydrogens is 266 g/mol. The molecular formula is C16H27N3O2. The number of piperidine rings is 2. The Morgan fingerprint density at radius 2 is 1.29 bits per heavy atom. The minimum Gasteiger partial charge on any atom is -0.342 e. The molecule has 0 spiro atoms. The lowest BCUT2D eigenvalue weighted by atomic mass is 9.91. The van der Waals surface area contributed by atoms with Crippen LogP contribution in [0.3, 0.4) is 0 Å². The molecule has 0 aliphatic carbocycles. The molecule has 0 unspecified atom stereocenters. The minimum absolute atomic E-state index is 0.141. The summed E-state index contributed by atoms with van der Waals surface area (Å²) in [4.78, 5) is 28.8. The van der Waals surface area contributed by atoms with E-state index in [1.807, 2.05) is 4.90 Å². The molecule has 0 radical (unpaired) electrons. The molecule has 3 fully saturated rings. The van der Waals surface area contributed by atoms with Crippen molar-refractivity contribution in [1.29, 1.82) is 0 Å². The number of rotatable bonds is 2. The summed E-state index contributed by atoms with van der Waals surface area (Å²) in [6.45, 7) is 7.28. The van der Waals surface area contributed by atoms with E-state index in [4.69, 9.17) is 0 Å². The second-order valence-corrected chi connectivity index (χ2v) is 6.96. The van der Waals surface area contributed by atoms with E-state index in [9.17, 15) is 9.59 Å². The molecule has 1 N–H and O–H groups in total. The smallest absolute Gasteiger partial charge is 0.228 e. The molecule has 5 nitrogen and oxygen atoms in total. The van der Waals surface area contributed by atoms with E-state index in [-0.39, 0.29) is 17.7 Å². The summed E-state index contributed by atoms with van der Waals surface area (Å²) >= 11 is 0. The topological polar surface area (TPSA) is 52.7 Å². The van der Waals surface area contributed by atoms with Crippen LogP contribution < -0.4 is 5.32 Å². The van der Waals surface area contributed by atoms with Crippen molar-refractivity contribution in [3.05, 3.63) is 0 Å². The van der Waals surface area contributed by atoms with Crippen LogP contribution in [-0.2, 0) is 9.59 Å². The fourth-order valence-electron chi connectivity index (χ4n) is 3.56. The number of hydrogen-bond donors (Lipinski definition) is 1. The van der Waals surface area contributed by atoms with Gasteiger partial charge in [-0.3, -0.25) is 9.59 Å². The van der Waals surface area contributed by atoms with E-state index in [1.54, 1.807) is 0 Å². The molecule has 118 valence electrons. The van der Waals surface area contributed by atoms with Gasteiger partial charge in [-0.15, -0.1) is 0 Å². The number of hydrogen-bond acceptors (Lipinski definition) is 3. The van der Waals surface area contributed by atoms with Gasteiger partial charge < -0.3 is 15.1 Å². The third-order valence-electron chi connectivity index (χ3n) is 5.38. The average molecular weight is 293 g/mol. The number of nitrogens with zero attached hydrogens (tertiary/aromatic N) is 2. The Morgan fingerprint density at radius 3 is 1.76 bits per heavy atom. The van der Waals surface area contributed by atoms with Crippen LogP contribution in [0.2, 0.25) is 0 Å². The normalized spacial score (nSPS) is 25.8. The zero-order valence-corrected chi connectivity index (χ0v) is 13.0. The fourth-order valence-corrected chi connectivity index (χ4v) is 3.56. The largest absolute Gasteiger partial charge is 0.342 e. The highest BCUT2D eigenvalue weighted by molar-refractivity contribution is 5.82. The minimum atomic E-state index is 0.141. The van der Waals surface area contributed by atoms with Gasteiger partial charge in [-0.2, -0.15) is 0 Å². The van der Waals surface area contributed by atoms with Crippen LogP contribution in [0, 0.1) is 17.8 Å². The second kappa shape index (κ2) is 6.34. The Labute approximate surface area is 127 Å². The van der Waals surface area contributed by atoms with Crippen molar-refractivity contribution in [3.8, 4) is 0 Å². The Balaban J connectivity index is 1.46. The van der Waals surface area contributed by atoms with Gasteiger partial charge >= 0.3 is 0 Å². The van der Waals surface area contributed by atoms with Crippen LogP contribution in [0.4, 0.5) is 0 Å². The molecule has 2 amide bonds. The highest BCUT2D eigenvalue weighted by atomic mass is 16.2. The maximum absolute atomic E-state index is 12.6. The van der Waals surface area contributed by atoms with Crippen LogP contribution >= 0.6 is 0 Å². The lowest BCUT2D eigenvalue weighted by Crippen LogP contribution is -2.54. The molecule has 3 rings (SSSR count). The van der Waals surface area contributed by atoms with E-state index in [2.05, 4.69) is 17.1 Å². The number of carbonyl (C=O) groups is 2. The molecule has 0 aromatic heterocycles. The van der Waals surface area contributed by atoms with E-state index in [0.717, 1.165) is 70.9 Å². The number of carbonyl (C=O) groups excluding carboxylic acids is 2. The highest BCUT2D eigenvalue weighted by Crippen LogP contribution is 2.24. The summed E-state index contributed by atoms with van der Waals surface area (Å²) in [6.07, 6.45) is 3.96. The predicted molar refractivity (Wildman–Crippen MR) is 80.6 cm³/mol. The molecule has 0 aromatic rings. The molecule has 0 bridgehead atoms. The van der Waals surface area contributed by atoms with Gasteiger partial charge in [0.05, 0.1) is 5.92 Å². The summed E-state index contributed by atoms with van der Waals surface area (Å²) in [5.74, 6) is 1.69. The van der Waals surface area contributed by atoms with Crippen LogP contribution in [-0.4, -0.2) is 60.9 Å². The lowest BCUT2D eigenvalue weighted by Gasteiger charge is -2.39. The van der Waals surface area contributed by atoms with E-state index < -0.39 is 0 Å². The Hall–Kier alpha value is -1.10. The summed E-state index contributed by atoms with van der Waals surface area (Å²) in [5, 5.41) is 3.15. The average Bonchev–Trinajstić information content (AvgIpc) is 2.46. The first-order chi connectivity index (χ1) is 10.1. The molecule has 3 heterocycles. The zero-order chi connectivity index (χ0) is 14.8. The van der Waals surface area contributed by atoms with Crippen LogP contribution in [0.25, 0.3) is 0 Å². The molecule has 3 aliphatic rings. The molecule has 0 saturated carbocycles. The fraction of sp³-hybridized carbons (Fsp3) is 0.875. The van der Waals surface area contributed by atoms with E-state index in [0.29, 0.717) is 5.91 Å². The van der Waals surface area contributed by atoms with Gasteiger partial charge in [-0.25, -0.2) is 0 Å². The monoisotopic (exact) mass is 293 g/mol. The maximum atomic E-state index is 12.6. The quantitative estimate of drug-likeness (QED) is 0.815. The second-order valence-electron chi connectivity index (χ2n) is 6.96. The standard InChI is InChI=1S/C16H27N3O2/c1-12-2-6-18(7-3-12)15(20)13-4-8-19(9-5-13)16(21)14-10-17-11-14/h12-14,17H,2-11H2,1H3. The van der Waals surface area contributed by atoms with E-state index in [1.165, 1.54) is 0 Å². The molecule has 3 saturated heterocycles. The van der Waals surface area contributed by atoms with Crippen LogP contribution in [0.15, 0.2) is 0 Å². The van der Waals surface area contributed by atoms with Crippen molar-refractivity contribution < 1.29 is 9.59 Å². The van der Waals surface area contributed by atoms with Crippen molar-refractivity contribution in [3.63, 3.8) is 0 Å². The lowest BCUT2D eigenvalue weighted by molar-refractivity contribution is -0.144. The van der Waals surface area contributed by atoms with Gasteiger partial charge in [0.15, 0.2) is 0 Å². The molecule has 5 heteroatoms. The van der Waals surface area contributed by atoms with Crippen LogP contribution in [0.5, 0.6) is 0 Å². The first-order valence-corrected chi connectivity index (χ1v) is 8.43. The van der Waals surface area contributed by atoms with Crippen molar-refractivity contribution in [2.24, 2.45) is 17.8 Å². The first-order valence-electron chi connectivity index (χ1n) is 8.43. The van der Waals surface area contributed by atoms with Gasteiger partial charge in [-0.05, 0) is 31.6 Å². The number of amides is 2. The van der Waals surface area contributed by atoms with Crippen molar-refractivity contribution in [2.75, 3.05) is 39.3 Å². The highest BCUT2D eigenvalue weighted by Gasteiger charge is 2.34. The van der Waals surface area contributed by atoms with Gasteiger partial charge in [0.25, 0.3) is 0 Å². The summed E-state index contributed by atoms with van der Waals surface area (Å²) < 4.78 is 0. The number of likely N-dealkylation sites (tertiary alicyclic amines) is 2. The first kappa shape index (κ1) is 14.8. The summed E-state index contributed by atoms with van der Waals surface area (Å²) in [5.41, 5.74) is 0. The van der Waals surface area contributed by atoms with Gasteiger partial charge in [0.1, 0.15) is 0 Å². The summed E-state index contributed by atoms with van der Waals surface area (Å²) in [7, 11) is 0. The Kier molecular flexibility index (Phi) is 4.48. The maximum Gasteiger partial charge on any atom is 0.228 e. The molecule has 21 heavy (non-hydrogen) atoms. The van der Waals surface area contributed by atoms with Gasteiger partial charge in [0.2, 0.25) is 11.8 Å². The van der Waals surface area contributed by atoms with Crippen LogP contribution in [0.1, 0.15) is 32.6 Å². The van der Waals surface area contributed by atoms with Crippen molar-refractivity contribution in [1.82, 2.24) is 15.1 Å². The third-order valence-corrected chi connectivity index (χ3v) is 5.38. The Morgan fingerprint density at radius 1 is 0.810 bits per heavy atom. The van der Waals surface area contributed by atoms with Gasteiger partial charge in [0, 0.05) is 45.2 Å². The Bertz CT molecular complexity index is 392. The predicted octanol–water partition coefficient (Wildman–Crippen LogP) is 0.703. The van der Waals surface area contributed by atoms with E-state index >= 15 is 0 Å². The van der Waals surface area contributed by atoms with Gasteiger partial charge in [-0.1, -0.05) is 6.92 Å². The number of nitrogens with one attached hydrogen (secondary N) is 1. The van der Waals surface area contributed by atoms with Crippen molar-refractivity contribution in [2.45, 2.75) is 32.6 Å². The summed E-state index contributed by atoms with van der Waals surface area (Å²) in [6, 6.07) is 0. The third kappa shape index (κ3) is 3.23.